The van der Waals surface area contributed by atoms with Crippen LogP contribution in [0.2, 0.25) is 0 Å². The van der Waals surface area contributed by atoms with Crippen molar-refractivity contribution < 1.29 is 23.9 Å². The van der Waals surface area contributed by atoms with E-state index in [-0.39, 0.29) is 16.9 Å². The Hall–Kier alpha value is -3.48. The van der Waals surface area contributed by atoms with Crippen LogP contribution >= 0.6 is 0 Å². The van der Waals surface area contributed by atoms with Crippen molar-refractivity contribution >= 4 is 23.6 Å². The number of nitrogens with two attached hydrogens (primary N) is 1. The molecule has 1 atom stereocenters. The van der Waals surface area contributed by atoms with Crippen molar-refractivity contribution in [1.82, 2.24) is 5.32 Å². The second-order valence-corrected chi connectivity index (χ2v) is 5.94. The van der Waals surface area contributed by atoms with Crippen LogP contribution in [-0.4, -0.2) is 36.2 Å². The lowest BCUT2D eigenvalue weighted by Gasteiger charge is -2.16. The zero-order chi connectivity index (χ0) is 19.8. The SMILES string of the molecule is CC(=O)C(Cc1ccccc1)NC(=O)COC(=O)c1ccc(C(N)=O)cc1. The second-order valence-electron chi connectivity index (χ2n) is 5.94. The smallest absolute Gasteiger partial charge is 0.338 e. The molecule has 27 heavy (non-hydrogen) atoms. The Balaban J connectivity index is 1.88. The fraction of sp³-hybridized carbons (Fsp3) is 0.200. The lowest BCUT2D eigenvalue weighted by atomic mass is 10.0. The van der Waals surface area contributed by atoms with Gasteiger partial charge in [-0.15, -0.1) is 0 Å². The standard InChI is InChI=1S/C20H20N2O5/c1-13(23)17(11-14-5-3-2-4-6-14)22-18(24)12-27-20(26)16-9-7-15(8-10-16)19(21)25/h2-10,17H,11-12H2,1H3,(H2,21,25)(H,22,24). The van der Waals surface area contributed by atoms with Gasteiger partial charge in [0, 0.05) is 5.56 Å². The lowest BCUT2D eigenvalue weighted by Crippen LogP contribution is -2.43. The fourth-order valence-electron chi connectivity index (χ4n) is 2.37. The first-order chi connectivity index (χ1) is 12.9. The molecule has 0 aromatic heterocycles. The number of hydrogen-bond acceptors (Lipinski definition) is 5. The maximum Gasteiger partial charge on any atom is 0.338 e. The third-order valence-electron chi connectivity index (χ3n) is 3.85. The molecule has 0 saturated carbocycles. The number of nitrogens with one attached hydrogen (secondary N) is 1. The van der Waals surface area contributed by atoms with Crippen molar-refractivity contribution in [3.05, 3.63) is 71.3 Å². The van der Waals surface area contributed by atoms with E-state index in [9.17, 15) is 19.2 Å². The summed E-state index contributed by atoms with van der Waals surface area (Å²) in [4.78, 5) is 46.8. The van der Waals surface area contributed by atoms with Gasteiger partial charge in [0.05, 0.1) is 11.6 Å². The normalized spacial score (nSPS) is 11.3. The summed E-state index contributed by atoms with van der Waals surface area (Å²) in [5, 5.41) is 2.57. The van der Waals surface area contributed by atoms with Crippen LogP contribution in [0, 0.1) is 0 Å². The Kier molecular flexibility index (Phi) is 6.82. The van der Waals surface area contributed by atoms with Crippen molar-refractivity contribution in [1.29, 1.82) is 0 Å². The summed E-state index contributed by atoms with van der Waals surface area (Å²) in [6.07, 6.45) is 0.352. The van der Waals surface area contributed by atoms with E-state index >= 15 is 0 Å². The Morgan fingerprint density at radius 3 is 2.11 bits per heavy atom. The number of hydrogen-bond donors (Lipinski definition) is 2. The van der Waals surface area contributed by atoms with E-state index in [4.69, 9.17) is 10.5 Å². The fourth-order valence-corrected chi connectivity index (χ4v) is 2.37. The summed E-state index contributed by atoms with van der Waals surface area (Å²) < 4.78 is 4.94. The van der Waals surface area contributed by atoms with Gasteiger partial charge in [-0.05, 0) is 43.2 Å². The van der Waals surface area contributed by atoms with Crippen molar-refractivity contribution in [2.75, 3.05) is 6.61 Å². The van der Waals surface area contributed by atoms with Gasteiger partial charge in [-0.3, -0.25) is 14.4 Å². The minimum absolute atomic E-state index is 0.181. The summed E-state index contributed by atoms with van der Waals surface area (Å²) in [7, 11) is 0. The summed E-state index contributed by atoms with van der Waals surface area (Å²) in [6.45, 7) is 0.870. The largest absolute Gasteiger partial charge is 0.452 e. The highest BCUT2D eigenvalue weighted by atomic mass is 16.5. The summed E-state index contributed by atoms with van der Waals surface area (Å²) in [6, 6.07) is 14.1. The minimum atomic E-state index is -0.719. The van der Waals surface area contributed by atoms with Gasteiger partial charge in [0.2, 0.25) is 5.91 Å². The molecule has 7 nitrogen and oxygen atoms in total. The highest BCUT2D eigenvalue weighted by Gasteiger charge is 2.19. The molecule has 0 aliphatic rings. The molecule has 7 heteroatoms. The molecule has 2 aromatic rings. The van der Waals surface area contributed by atoms with Gasteiger partial charge in [0.25, 0.3) is 5.91 Å². The monoisotopic (exact) mass is 368 g/mol. The number of carbonyl (C=O) groups is 4. The van der Waals surface area contributed by atoms with Crippen LogP contribution in [0.4, 0.5) is 0 Å². The lowest BCUT2D eigenvalue weighted by molar-refractivity contribution is -0.128. The minimum Gasteiger partial charge on any atom is -0.452 e. The van der Waals surface area contributed by atoms with Crippen LogP contribution in [0.5, 0.6) is 0 Å². The first-order valence-electron chi connectivity index (χ1n) is 8.27. The van der Waals surface area contributed by atoms with Crippen molar-refractivity contribution in [3.8, 4) is 0 Å². The molecular formula is C20H20N2O5. The highest BCUT2D eigenvalue weighted by molar-refractivity contribution is 5.96. The molecule has 1 unspecified atom stereocenters. The van der Waals surface area contributed by atoms with E-state index in [1.165, 1.54) is 31.2 Å². The van der Waals surface area contributed by atoms with Crippen LogP contribution in [0.1, 0.15) is 33.2 Å². The third-order valence-corrected chi connectivity index (χ3v) is 3.85. The van der Waals surface area contributed by atoms with E-state index in [1.807, 2.05) is 30.3 Å². The maximum atomic E-state index is 12.0. The first-order valence-corrected chi connectivity index (χ1v) is 8.27. The van der Waals surface area contributed by atoms with Crippen molar-refractivity contribution in [3.63, 3.8) is 0 Å². The van der Waals surface area contributed by atoms with Gasteiger partial charge in [-0.2, -0.15) is 0 Å². The topological polar surface area (TPSA) is 116 Å². The molecule has 2 rings (SSSR count). The molecule has 0 spiro atoms. The molecular weight excluding hydrogens is 348 g/mol. The van der Waals surface area contributed by atoms with Gasteiger partial charge < -0.3 is 15.8 Å². The highest BCUT2D eigenvalue weighted by Crippen LogP contribution is 2.06. The van der Waals surface area contributed by atoms with E-state index < -0.39 is 30.4 Å². The molecule has 0 heterocycles. The van der Waals surface area contributed by atoms with Crippen LogP contribution in [0.3, 0.4) is 0 Å². The van der Waals surface area contributed by atoms with Gasteiger partial charge in [-0.25, -0.2) is 4.79 Å². The molecule has 2 aromatic carbocycles. The number of amides is 2. The molecule has 0 bridgehead atoms. The summed E-state index contributed by atoms with van der Waals surface area (Å²) >= 11 is 0. The maximum absolute atomic E-state index is 12.0. The van der Waals surface area contributed by atoms with E-state index in [0.717, 1.165) is 5.56 Å². The number of esters is 1. The molecule has 0 radical (unpaired) electrons. The van der Waals surface area contributed by atoms with Crippen LogP contribution < -0.4 is 11.1 Å². The Morgan fingerprint density at radius 1 is 0.963 bits per heavy atom. The molecule has 0 saturated heterocycles. The van der Waals surface area contributed by atoms with Crippen LogP contribution in [0.15, 0.2) is 54.6 Å². The first kappa shape index (κ1) is 19.8. The zero-order valence-electron chi connectivity index (χ0n) is 14.8. The summed E-state index contributed by atoms with van der Waals surface area (Å²) in [5.41, 5.74) is 6.48. The van der Waals surface area contributed by atoms with Crippen molar-refractivity contribution in [2.45, 2.75) is 19.4 Å². The summed E-state index contributed by atoms with van der Waals surface area (Å²) in [5.74, 6) is -2.10. The van der Waals surface area contributed by atoms with Gasteiger partial charge >= 0.3 is 5.97 Å². The number of Topliss-reactive ketones (excluding diaryl/α,β-unsaturated/α-hetero) is 1. The Labute approximate surface area is 156 Å². The number of ether oxygens (including phenoxy) is 1. The van der Waals surface area contributed by atoms with Gasteiger partial charge in [0.1, 0.15) is 0 Å². The molecule has 0 aliphatic heterocycles. The predicted molar refractivity (Wildman–Crippen MR) is 98.0 cm³/mol. The number of rotatable bonds is 8. The average Bonchev–Trinajstić information content (AvgIpc) is 2.66. The van der Waals surface area contributed by atoms with Gasteiger partial charge in [-0.1, -0.05) is 30.3 Å². The average molecular weight is 368 g/mol. The Morgan fingerprint density at radius 2 is 1.56 bits per heavy atom. The molecule has 2 amide bonds. The molecule has 3 N–H and O–H groups in total. The number of benzene rings is 2. The van der Waals surface area contributed by atoms with Gasteiger partial charge in [0.15, 0.2) is 12.4 Å². The van der Waals surface area contributed by atoms with Crippen LogP contribution in [-0.2, 0) is 20.7 Å². The number of primary amides is 1. The molecule has 0 fully saturated rings. The number of ketones is 1. The third kappa shape index (κ3) is 6.07. The van der Waals surface area contributed by atoms with Crippen molar-refractivity contribution in [2.24, 2.45) is 5.73 Å². The second kappa shape index (κ2) is 9.28. The van der Waals surface area contributed by atoms with E-state index in [2.05, 4.69) is 5.32 Å². The molecule has 140 valence electrons. The Bertz CT molecular complexity index is 831. The van der Waals surface area contributed by atoms with E-state index in [0.29, 0.717) is 6.42 Å². The quantitative estimate of drug-likeness (QED) is 0.681. The number of carbonyl (C=O) groups excluding carboxylic acids is 4. The predicted octanol–water partition coefficient (Wildman–Crippen LogP) is 1.26. The van der Waals surface area contributed by atoms with E-state index in [1.54, 1.807) is 0 Å². The molecule has 0 aliphatic carbocycles. The van der Waals surface area contributed by atoms with Crippen LogP contribution in [0.25, 0.3) is 0 Å². The zero-order valence-corrected chi connectivity index (χ0v) is 14.8.